The normalized spacial score (nSPS) is 15.7. The molecule has 0 aliphatic carbocycles. The highest BCUT2D eigenvalue weighted by atomic mass is 19.1. The van der Waals surface area contributed by atoms with E-state index in [1.54, 1.807) is 6.20 Å². The Morgan fingerprint density at radius 3 is 2.42 bits per heavy atom. The van der Waals surface area contributed by atoms with Gasteiger partial charge in [0.15, 0.2) is 0 Å². The maximum atomic E-state index is 13.0. The molecule has 1 amide bonds. The molecule has 24 heavy (non-hydrogen) atoms. The minimum Gasteiger partial charge on any atom is -0.336 e. The molecule has 2 aromatic rings. The Morgan fingerprint density at radius 1 is 1.17 bits per heavy atom. The predicted molar refractivity (Wildman–Crippen MR) is 90.2 cm³/mol. The van der Waals surface area contributed by atoms with Crippen molar-refractivity contribution >= 4 is 5.91 Å². The summed E-state index contributed by atoms with van der Waals surface area (Å²) in [5.74, 6) is -0.147. The second-order valence-electron chi connectivity index (χ2n) is 6.15. The van der Waals surface area contributed by atoms with Gasteiger partial charge in [-0.25, -0.2) is 4.39 Å². The van der Waals surface area contributed by atoms with Crippen molar-refractivity contribution in [2.24, 2.45) is 0 Å². The van der Waals surface area contributed by atoms with Crippen molar-refractivity contribution in [2.75, 3.05) is 26.2 Å². The van der Waals surface area contributed by atoms with Crippen LogP contribution in [-0.4, -0.2) is 51.7 Å². The molecule has 6 heteroatoms. The van der Waals surface area contributed by atoms with E-state index >= 15 is 0 Å². The van der Waals surface area contributed by atoms with Gasteiger partial charge in [-0.2, -0.15) is 5.10 Å². The monoisotopic (exact) mass is 330 g/mol. The third-order valence-corrected chi connectivity index (χ3v) is 4.61. The van der Waals surface area contributed by atoms with Gasteiger partial charge in [0.25, 0.3) is 5.91 Å². The van der Waals surface area contributed by atoms with Crippen molar-refractivity contribution in [1.29, 1.82) is 0 Å². The Bertz CT molecular complexity index is 702. The SMILES string of the molecule is CCn1ncc(C(=O)N2CCN(Cc3ccc(F)cc3)CC2)c1C. The van der Waals surface area contributed by atoms with Crippen molar-refractivity contribution in [1.82, 2.24) is 19.6 Å². The van der Waals surface area contributed by atoms with E-state index in [9.17, 15) is 9.18 Å². The summed E-state index contributed by atoms with van der Waals surface area (Å²) in [6.45, 7) is 8.57. The van der Waals surface area contributed by atoms with Crippen LogP contribution in [0.2, 0.25) is 0 Å². The third-order valence-electron chi connectivity index (χ3n) is 4.61. The summed E-state index contributed by atoms with van der Waals surface area (Å²) in [7, 11) is 0. The summed E-state index contributed by atoms with van der Waals surface area (Å²) in [6, 6.07) is 6.61. The fourth-order valence-electron chi connectivity index (χ4n) is 3.10. The van der Waals surface area contributed by atoms with E-state index in [0.717, 1.165) is 37.4 Å². The summed E-state index contributed by atoms with van der Waals surface area (Å²) >= 11 is 0. The number of amides is 1. The molecule has 1 aliphatic heterocycles. The lowest BCUT2D eigenvalue weighted by Gasteiger charge is -2.34. The molecule has 5 nitrogen and oxygen atoms in total. The molecule has 1 fully saturated rings. The number of aromatic nitrogens is 2. The van der Waals surface area contributed by atoms with Gasteiger partial charge in [-0.05, 0) is 31.5 Å². The minimum absolute atomic E-state index is 0.0635. The van der Waals surface area contributed by atoms with Gasteiger partial charge in [0.05, 0.1) is 11.8 Å². The maximum Gasteiger partial charge on any atom is 0.257 e. The smallest absolute Gasteiger partial charge is 0.257 e. The molecule has 1 saturated heterocycles. The molecular weight excluding hydrogens is 307 g/mol. The Kier molecular flexibility index (Phi) is 4.94. The molecule has 0 saturated carbocycles. The lowest BCUT2D eigenvalue weighted by atomic mass is 10.1. The summed E-state index contributed by atoms with van der Waals surface area (Å²) in [5, 5.41) is 4.26. The molecule has 3 rings (SSSR count). The number of nitrogens with zero attached hydrogens (tertiary/aromatic N) is 4. The topological polar surface area (TPSA) is 41.4 Å². The quantitative estimate of drug-likeness (QED) is 0.864. The molecule has 0 unspecified atom stereocenters. The van der Waals surface area contributed by atoms with Crippen LogP contribution in [-0.2, 0) is 13.1 Å². The van der Waals surface area contributed by atoms with Crippen molar-refractivity contribution in [3.8, 4) is 0 Å². The van der Waals surface area contributed by atoms with Crippen molar-refractivity contribution in [3.05, 3.63) is 53.1 Å². The van der Waals surface area contributed by atoms with E-state index in [1.807, 2.05) is 35.6 Å². The summed E-state index contributed by atoms with van der Waals surface area (Å²) in [5.41, 5.74) is 2.72. The number of aryl methyl sites for hydroxylation is 1. The summed E-state index contributed by atoms with van der Waals surface area (Å²) < 4.78 is 14.8. The Hall–Kier alpha value is -2.21. The number of hydrogen-bond donors (Lipinski definition) is 0. The zero-order chi connectivity index (χ0) is 17.1. The zero-order valence-corrected chi connectivity index (χ0v) is 14.2. The van der Waals surface area contributed by atoms with Crippen LogP contribution < -0.4 is 0 Å². The average Bonchev–Trinajstić information content (AvgIpc) is 2.97. The van der Waals surface area contributed by atoms with Gasteiger partial charge in [0, 0.05) is 45.0 Å². The van der Waals surface area contributed by atoms with Crippen molar-refractivity contribution in [3.63, 3.8) is 0 Å². The van der Waals surface area contributed by atoms with E-state index in [0.29, 0.717) is 18.7 Å². The van der Waals surface area contributed by atoms with Crippen molar-refractivity contribution < 1.29 is 9.18 Å². The molecule has 0 N–H and O–H groups in total. The van der Waals surface area contributed by atoms with Gasteiger partial charge in [-0.15, -0.1) is 0 Å². The minimum atomic E-state index is -0.211. The Labute approximate surface area is 141 Å². The molecule has 1 aliphatic rings. The van der Waals surface area contributed by atoms with E-state index < -0.39 is 0 Å². The maximum absolute atomic E-state index is 13.0. The molecule has 128 valence electrons. The second kappa shape index (κ2) is 7.13. The average molecular weight is 330 g/mol. The van der Waals surface area contributed by atoms with Crippen LogP contribution in [0.3, 0.4) is 0 Å². The first-order valence-corrected chi connectivity index (χ1v) is 8.37. The van der Waals surface area contributed by atoms with Crippen LogP contribution >= 0.6 is 0 Å². The fraction of sp³-hybridized carbons (Fsp3) is 0.444. The van der Waals surface area contributed by atoms with Crippen LogP contribution in [0.5, 0.6) is 0 Å². The Morgan fingerprint density at radius 2 is 1.83 bits per heavy atom. The number of benzene rings is 1. The zero-order valence-electron chi connectivity index (χ0n) is 14.2. The highest BCUT2D eigenvalue weighted by molar-refractivity contribution is 5.95. The van der Waals surface area contributed by atoms with Crippen LogP contribution in [0.1, 0.15) is 28.5 Å². The van der Waals surface area contributed by atoms with Crippen LogP contribution in [0.4, 0.5) is 4.39 Å². The standard InChI is InChI=1S/C18H23FN4O/c1-3-23-14(2)17(12-20-23)18(24)22-10-8-21(9-11-22)13-15-4-6-16(19)7-5-15/h4-7,12H,3,8-11,13H2,1-2H3. The molecule has 1 aromatic carbocycles. The molecule has 0 spiro atoms. The first-order chi connectivity index (χ1) is 11.6. The second-order valence-corrected chi connectivity index (χ2v) is 6.15. The number of carbonyl (C=O) groups is 1. The van der Waals surface area contributed by atoms with E-state index in [-0.39, 0.29) is 11.7 Å². The lowest BCUT2D eigenvalue weighted by molar-refractivity contribution is 0.0627. The van der Waals surface area contributed by atoms with E-state index in [4.69, 9.17) is 0 Å². The molecule has 1 aromatic heterocycles. The third kappa shape index (κ3) is 3.48. The number of carbonyl (C=O) groups excluding carboxylic acids is 1. The summed E-state index contributed by atoms with van der Waals surface area (Å²) in [6.07, 6.45) is 1.67. The van der Waals surface area contributed by atoms with Crippen LogP contribution in [0.25, 0.3) is 0 Å². The van der Waals surface area contributed by atoms with Gasteiger partial charge in [0.2, 0.25) is 0 Å². The largest absolute Gasteiger partial charge is 0.336 e. The molecular formula is C18H23FN4O. The Balaban J connectivity index is 1.57. The van der Waals surface area contributed by atoms with Gasteiger partial charge in [-0.1, -0.05) is 12.1 Å². The first-order valence-electron chi connectivity index (χ1n) is 8.37. The highest BCUT2D eigenvalue weighted by Gasteiger charge is 2.24. The predicted octanol–water partition coefficient (Wildman–Crippen LogP) is 2.31. The van der Waals surface area contributed by atoms with Crippen LogP contribution in [0.15, 0.2) is 30.5 Å². The molecule has 2 heterocycles. The molecule has 0 radical (unpaired) electrons. The van der Waals surface area contributed by atoms with Gasteiger partial charge in [-0.3, -0.25) is 14.4 Å². The molecule has 0 atom stereocenters. The molecule has 0 bridgehead atoms. The first kappa shape index (κ1) is 16.6. The van der Waals surface area contributed by atoms with Crippen molar-refractivity contribution in [2.45, 2.75) is 26.9 Å². The number of hydrogen-bond acceptors (Lipinski definition) is 3. The van der Waals surface area contributed by atoms with E-state index in [1.165, 1.54) is 12.1 Å². The van der Waals surface area contributed by atoms with Gasteiger partial charge >= 0.3 is 0 Å². The fourth-order valence-corrected chi connectivity index (χ4v) is 3.10. The van der Waals surface area contributed by atoms with Gasteiger partial charge < -0.3 is 4.90 Å². The summed E-state index contributed by atoms with van der Waals surface area (Å²) in [4.78, 5) is 16.8. The number of piperazine rings is 1. The van der Waals surface area contributed by atoms with Crippen LogP contribution in [0, 0.1) is 12.7 Å². The lowest BCUT2D eigenvalue weighted by Crippen LogP contribution is -2.48. The highest BCUT2D eigenvalue weighted by Crippen LogP contribution is 2.14. The number of rotatable bonds is 4. The van der Waals surface area contributed by atoms with Gasteiger partial charge in [0.1, 0.15) is 5.82 Å². The number of halogens is 1. The van der Waals surface area contributed by atoms with E-state index in [2.05, 4.69) is 10.00 Å².